The van der Waals surface area contributed by atoms with E-state index in [0.29, 0.717) is 11.5 Å². The molecule has 1 unspecified atom stereocenters. The first kappa shape index (κ1) is 21.2. The van der Waals surface area contributed by atoms with Crippen molar-refractivity contribution in [3.8, 4) is 11.5 Å². The molecule has 0 amide bonds. The predicted octanol–water partition coefficient (Wildman–Crippen LogP) is 5.00. The van der Waals surface area contributed by atoms with Crippen LogP contribution in [0.25, 0.3) is 0 Å². The van der Waals surface area contributed by atoms with Gasteiger partial charge >= 0.3 is 8.25 Å². The summed E-state index contributed by atoms with van der Waals surface area (Å²) in [6.07, 6.45) is 1.98. The Morgan fingerprint density at radius 2 is 1.36 bits per heavy atom. The van der Waals surface area contributed by atoms with Crippen LogP contribution in [-0.4, -0.2) is 19.1 Å². The lowest BCUT2D eigenvalue weighted by molar-refractivity contribution is 0.225. The summed E-state index contributed by atoms with van der Waals surface area (Å²) in [6.45, 7) is 4.36. The molecule has 0 heterocycles. The zero-order chi connectivity index (χ0) is 18.7. The molecule has 0 spiro atoms. The van der Waals surface area contributed by atoms with Gasteiger partial charge in [0.05, 0.1) is 14.2 Å². The van der Waals surface area contributed by atoms with Gasteiger partial charge in [-0.05, 0) is 35.4 Å². The molecular weight excluding hydrogens is 339 g/mol. The minimum Gasteiger partial charge on any atom is -0.497 e. The second-order valence-electron chi connectivity index (χ2n) is 5.32. The van der Waals surface area contributed by atoms with Gasteiger partial charge in [-0.25, -0.2) is 0 Å². The van der Waals surface area contributed by atoms with Crippen LogP contribution in [0.3, 0.4) is 0 Å². The second-order valence-corrected chi connectivity index (χ2v) is 6.08. The van der Waals surface area contributed by atoms with Crippen LogP contribution in [0.15, 0.2) is 48.5 Å². The number of hydrogen-bond donors (Lipinski definition) is 1. The molecule has 0 saturated heterocycles. The van der Waals surface area contributed by atoms with Crippen LogP contribution in [-0.2, 0) is 9.09 Å². The lowest BCUT2D eigenvalue weighted by atomic mass is 10.0. The van der Waals surface area contributed by atoms with Gasteiger partial charge in [-0.15, -0.1) is 0 Å². The molecular formula is C19H27O5P. The van der Waals surface area contributed by atoms with Crippen molar-refractivity contribution >= 4 is 8.25 Å². The Morgan fingerprint density at radius 3 is 1.68 bits per heavy atom. The lowest BCUT2D eigenvalue weighted by Crippen LogP contribution is -2.03. The molecule has 0 aliphatic rings. The van der Waals surface area contributed by atoms with E-state index in [4.69, 9.17) is 18.9 Å². The number of unbranched alkanes of at least 4 members (excludes halogenated alkanes) is 1. The molecule has 0 aromatic heterocycles. The highest BCUT2D eigenvalue weighted by Crippen LogP contribution is 2.36. The van der Waals surface area contributed by atoms with E-state index in [1.54, 1.807) is 50.6 Å². The number of benzene rings is 2. The van der Waals surface area contributed by atoms with E-state index < -0.39 is 14.4 Å². The lowest BCUT2D eigenvalue weighted by Gasteiger charge is -2.18. The van der Waals surface area contributed by atoms with Crippen LogP contribution in [0.5, 0.6) is 11.5 Å². The SMILES string of the molecule is CCCC.COc1cccc(C(O[PH](=O)O)c2cccc(OC)c2)c1. The summed E-state index contributed by atoms with van der Waals surface area (Å²) in [5.41, 5.74) is 1.46. The maximum atomic E-state index is 11.2. The molecule has 138 valence electrons. The molecule has 0 saturated carbocycles. The first-order valence-electron chi connectivity index (χ1n) is 8.23. The van der Waals surface area contributed by atoms with Crippen molar-refractivity contribution in [3.05, 3.63) is 59.7 Å². The van der Waals surface area contributed by atoms with Crippen molar-refractivity contribution in [2.75, 3.05) is 14.2 Å². The van der Waals surface area contributed by atoms with Gasteiger partial charge in [0.1, 0.15) is 17.6 Å². The zero-order valence-corrected chi connectivity index (χ0v) is 16.2. The van der Waals surface area contributed by atoms with Gasteiger partial charge in [-0.1, -0.05) is 51.0 Å². The van der Waals surface area contributed by atoms with Crippen molar-refractivity contribution in [1.29, 1.82) is 0 Å². The fourth-order valence-electron chi connectivity index (χ4n) is 2.04. The van der Waals surface area contributed by atoms with Crippen molar-refractivity contribution in [3.63, 3.8) is 0 Å². The first-order chi connectivity index (χ1) is 12.0. The molecule has 6 heteroatoms. The topological polar surface area (TPSA) is 65.0 Å². The van der Waals surface area contributed by atoms with Crippen LogP contribution >= 0.6 is 8.25 Å². The van der Waals surface area contributed by atoms with Gasteiger partial charge in [-0.3, -0.25) is 9.09 Å². The van der Waals surface area contributed by atoms with E-state index in [2.05, 4.69) is 13.8 Å². The third-order valence-corrected chi connectivity index (χ3v) is 3.95. The minimum atomic E-state index is -3.10. The van der Waals surface area contributed by atoms with Gasteiger partial charge < -0.3 is 14.4 Å². The number of hydrogen-bond acceptors (Lipinski definition) is 4. The van der Waals surface area contributed by atoms with Crippen LogP contribution in [0.4, 0.5) is 0 Å². The fraction of sp³-hybridized carbons (Fsp3) is 0.368. The summed E-state index contributed by atoms with van der Waals surface area (Å²) in [7, 11) is 0.0321. The van der Waals surface area contributed by atoms with Crippen LogP contribution in [0.2, 0.25) is 0 Å². The van der Waals surface area contributed by atoms with E-state index in [1.165, 1.54) is 12.8 Å². The highest BCUT2D eigenvalue weighted by molar-refractivity contribution is 7.32. The average molecular weight is 366 g/mol. The summed E-state index contributed by atoms with van der Waals surface area (Å²) >= 11 is 0. The van der Waals surface area contributed by atoms with Crippen molar-refractivity contribution in [1.82, 2.24) is 0 Å². The van der Waals surface area contributed by atoms with Gasteiger partial charge in [-0.2, -0.15) is 0 Å². The van der Waals surface area contributed by atoms with Gasteiger partial charge in [0.2, 0.25) is 0 Å². The quantitative estimate of drug-likeness (QED) is 0.699. The average Bonchev–Trinajstić information content (AvgIpc) is 2.66. The Morgan fingerprint density at radius 1 is 0.920 bits per heavy atom. The van der Waals surface area contributed by atoms with E-state index in [1.807, 2.05) is 12.1 Å². The van der Waals surface area contributed by atoms with E-state index in [0.717, 1.165) is 11.1 Å². The molecule has 2 aromatic carbocycles. The number of rotatable bonds is 7. The molecule has 2 aromatic rings. The van der Waals surface area contributed by atoms with Crippen LogP contribution < -0.4 is 9.47 Å². The Bertz CT molecular complexity index is 610. The second kappa shape index (κ2) is 11.7. The third kappa shape index (κ3) is 7.30. The van der Waals surface area contributed by atoms with Crippen molar-refractivity contribution in [2.45, 2.75) is 32.8 Å². The van der Waals surface area contributed by atoms with Gasteiger partial charge in [0.25, 0.3) is 0 Å². The summed E-state index contributed by atoms with van der Waals surface area (Å²) in [5.74, 6) is 1.31. The van der Waals surface area contributed by atoms with Crippen LogP contribution in [0, 0.1) is 0 Å². The number of ether oxygens (including phenoxy) is 2. The fourth-order valence-corrected chi connectivity index (χ4v) is 2.51. The smallest absolute Gasteiger partial charge is 0.317 e. The molecule has 0 radical (unpaired) electrons. The minimum absolute atomic E-state index is 0.654. The van der Waals surface area contributed by atoms with Crippen molar-refractivity contribution < 1.29 is 23.5 Å². The van der Waals surface area contributed by atoms with E-state index in [-0.39, 0.29) is 0 Å². The number of methoxy groups -OCH3 is 2. The molecule has 5 nitrogen and oxygen atoms in total. The molecule has 1 atom stereocenters. The highest BCUT2D eigenvalue weighted by Gasteiger charge is 2.18. The highest BCUT2D eigenvalue weighted by atomic mass is 31.1. The molecule has 0 aliphatic carbocycles. The largest absolute Gasteiger partial charge is 0.497 e. The zero-order valence-electron chi connectivity index (χ0n) is 15.2. The van der Waals surface area contributed by atoms with Gasteiger partial charge in [0.15, 0.2) is 0 Å². The summed E-state index contributed by atoms with van der Waals surface area (Å²) < 4.78 is 26.7. The summed E-state index contributed by atoms with van der Waals surface area (Å²) in [5, 5.41) is 0. The summed E-state index contributed by atoms with van der Waals surface area (Å²) in [4.78, 5) is 9.16. The standard InChI is InChI=1S/C15H17O5P.C4H10/c1-18-13-7-3-5-11(9-13)15(20-21(16)17)12-6-4-8-14(10-12)19-2;1-3-4-2/h3-10,15,21H,1-2H3,(H,16,17);3-4H2,1-2H3. The Labute approximate surface area is 150 Å². The summed E-state index contributed by atoms with van der Waals surface area (Å²) in [6, 6.07) is 14.4. The monoisotopic (exact) mass is 366 g/mol. The van der Waals surface area contributed by atoms with Crippen molar-refractivity contribution in [2.24, 2.45) is 0 Å². The first-order valence-corrected chi connectivity index (χ1v) is 9.49. The molecule has 2 rings (SSSR count). The van der Waals surface area contributed by atoms with Crippen LogP contribution in [0.1, 0.15) is 43.9 Å². The molecule has 25 heavy (non-hydrogen) atoms. The molecule has 0 fully saturated rings. The normalized spacial score (nSPS) is 11.4. The molecule has 0 aliphatic heterocycles. The third-order valence-electron chi connectivity index (χ3n) is 3.51. The Kier molecular flexibility index (Phi) is 9.93. The Hall–Kier alpha value is -1.81. The van der Waals surface area contributed by atoms with Gasteiger partial charge in [0, 0.05) is 0 Å². The van der Waals surface area contributed by atoms with E-state index >= 15 is 0 Å². The maximum absolute atomic E-state index is 11.2. The van der Waals surface area contributed by atoms with E-state index in [9.17, 15) is 4.57 Å². The molecule has 1 N–H and O–H groups in total. The Balaban J connectivity index is 0.000000705. The predicted molar refractivity (Wildman–Crippen MR) is 101 cm³/mol. The maximum Gasteiger partial charge on any atom is 0.317 e. The molecule has 0 bridgehead atoms.